The van der Waals surface area contributed by atoms with Crippen molar-refractivity contribution in [1.29, 1.82) is 0 Å². The summed E-state index contributed by atoms with van der Waals surface area (Å²) in [5.41, 5.74) is 11.9. The third kappa shape index (κ3) is 2.23. The predicted octanol–water partition coefficient (Wildman–Crippen LogP) is 1.13. The normalized spacial score (nSPS) is 12.4. The van der Waals surface area contributed by atoms with Crippen LogP contribution in [0.3, 0.4) is 0 Å². The van der Waals surface area contributed by atoms with Crippen LogP contribution in [0.1, 0.15) is 28.9 Å². The number of carbonyl (C=O) groups excluding carboxylic acids is 1. The second kappa shape index (κ2) is 4.58. The molecule has 1 aromatic carbocycles. The van der Waals surface area contributed by atoms with Crippen LogP contribution >= 0.6 is 0 Å². The summed E-state index contributed by atoms with van der Waals surface area (Å²) < 4.78 is 15.1. The molecule has 0 bridgehead atoms. The number of halogens is 1. The van der Waals surface area contributed by atoms with E-state index in [9.17, 15) is 9.18 Å². The molecule has 1 heterocycles. The molecule has 0 fully saturated rings. The Morgan fingerprint density at radius 2 is 2.22 bits per heavy atom. The largest absolute Gasteiger partial charge is 0.366 e. The second-order valence-electron chi connectivity index (χ2n) is 4.04. The lowest BCUT2D eigenvalue weighted by Gasteiger charge is -2.08. The average Bonchev–Trinajstić information content (AvgIpc) is 2.78. The third-order valence-electron chi connectivity index (χ3n) is 2.61. The number of hydrogen-bond acceptors (Lipinski definition) is 3. The molecule has 2 rings (SSSR count). The van der Waals surface area contributed by atoms with E-state index in [1.165, 1.54) is 23.1 Å². The number of amides is 1. The standard InChI is InChI=1S/C12H13FN4O/c1-7(14)8-2-3-11(10(13)4-8)17-6-9(5-16-17)12(15)18/h2-7H,14H2,1H3,(H2,15,18). The molecule has 1 aromatic heterocycles. The fraction of sp³-hybridized carbons (Fsp3) is 0.167. The summed E-state index contributed by atoms with van der Waals surface area (Å²) in [6.07, 6.45) is 2.67. The highest BCUT2D eigenvalue weighted by Gasteiger charge is 2.10. The molecule has 18 heavy (non-hydrogen) atoms. The van der Waals surface area contributed by atoms with E-state index in [0.717, 1.165) is 0 Å². The SMILES string of the molecule is CC(N)c1ccc(-n2cc(C(N)=O)cn2)c(F)c1. The van der Waals surface area contributed by atoms with Gasteiger partial charge in [0, 0.05) is 12.2 Å². The van der Waals surface area contributed by atoms with Gasteiger partial charge in [0.1, 0.15) is 11.5 Å². The number of rotatable bonds is 3. The first-order valence-corrected chi connectivity index (χ1v) is 5.39. The van der Waals surface area contributed by atoms with Crippen molar-refractivity contribution in [2.75, 3.05) is 0 Å². The van der Waals surface area contributed by atoms with Crippen LogP contribution in [0.15, 0.2) is 30.6 Å². The molecular formula is C12H13FN4O. The summed E-state index contributed by atoms with van der Waals surface area (Å²) in [5.74, 6) is -1.06. The smallest absolute Gasteiger partial charge is 0.251 e. The first-order chi connectivity index (χ1) is 8.49. The number of primary amides is 1. The Morgan fingerprint density at radius 3 is 2.72 bits per heavy atom. The molecule has 94 valence electrons. The third-order valence-corrected chi connectivity index (χ3v) is 2.61. The summed E-state index contributed by atoms with van der Waals surface area (Å²) in [7, 11) is 0. The molecule has 1 atom stereocenters. The highest BCUT2D eigenvalue weighted by Crippen LogP contribution is 2.18. The maximum Gasteiger partial charge on any atom is 0.251 e. The molecule has 6 heteroatoms. The molecule has 1 amide bonds. The van der Waals surface area contributed by atoms with E-state index in [-0.39, 0.29) is 17.3 Å². The quantitative estimate of drug-likeness (QED) is 0.853. The molecule has 2 aromatic rings. The van der Waals surface area contributed by atoms with Crippen molar-refractivity contribution < 1.29 is 9.18 Å². The highest BCUT2D eigenvalue weighted by molar-refractivity contribution is 5.92. The Kier molecular flexibility index (Phi) is 3.12. The molecule has 0 aliphatic carbocycles. The van der Waals surface area contributed by atoms with E-state index >= 15 is 0 Å². The fourth-order valence-corrected chi connectivity index (χ4v) is 1.57. The van der Waals surface area contributed by atoms with Gasteiger partial charge in [-0.05, 0) is 24.6 Å². The maximum atomic E-state index is 13.9. The van der Waals surface area contributed by atoms with Crippen LogP contribution in [0.25, 0.3) is 5.69 Å². The zero-order valence-electron chi connectivity index (χ0n) is 9.80. The van der Waals surface area contributed by atoms with Gasteiger partial charge in [0.05, 0.1) is 11.8 Å². The van der Waals surface area contributed by atoms with Gasteiger partial charge in [-0.25, -0.2) is 9.07 Å². The Balaban J connectivity index is 2.41. The zero-order valence-corrected chi connectivity index (χ0v) is 9.80. The maximum absolute atomic E-state index is 13.9. The number of aromatic nitrogens is 2. The van der Waals surface area contributed by atoms with E-state index in [1.807, 2.05) is 0 Å². The molecule has 1 unspecified atom stereocenters. The minimum absolute atomic E-state index is 0.227. The van der Waals surface area contributed by atoms with Gasteiger partial charge in [0.25, 0.3) is 5.91 Å². The zero-order chi connectivity index (χ0) is 13.3. The molecule has 0 radical (unpaired) electrons. The van der Waals surface area contributed by atoms with Crippen molar-refractivity contribution in [2.24, 2.45) is 11.5 Å². The summed E-state index contributed by atoms with van der Waals surface area (Å²) in [5, 5.41) is 3.89. The van der Waals surface area contributed by atoms with Crippen LogP contribution in [-0.4, -0.2) is 15.7 Å². The summed E-state index contributed by atoms with van der Waals surface area (Å²) in [4.78, 5) is 10.9. The minimum atomic E-state index is -0.603. The van der Waals surface area contributed by atoms with Gasteiger partial charge in [-0.2, -0.15) is 5.10 Å². The van der Waals surface area contributed by atoms with Crippen LogP contribution in [-0.2, 0) is 0 Å². The van der Waals surface area contributed by atoms with Crippen LogP contribution in [0.4, 0.5) is 4.39 Å². The van der Waals surface area contributed by atoms with Crippen LogP contribution in [0, 0.1) is 5.82 Å². The molecule has 0 saturated carbocycles. The first-order valence-electron chi connectivity index (χ1n) is 5.39. The van der Waals surface area contributed by atoms with Crippen LogP contribution < -0.4 is 11.5 Å². The Hall–Kier alpha value is -2.21. The number of nitrogens with zero attached hydrogens (tertiary/aromatic N) is 2. The highest BCUT2D eigenvalue weighted by atomic mass is 19.1. The van der Waals surface area contributed by atoms with E-state index < -0.39 is 11.7 Å². The van der Waals surface area contributed by atoms with Crippen molar-refractivity contribution in [3.05, 3.63) is 47.5 Å². The molecule has 5 nitrogen and oxygen atoms in total. The molecule has 0 aliphatic heterocycles. The number of nitrogens with two attached hydrogens (primary N) is 2. The van der Waals surface area contributed by atoms with E-state index in [2.05, 4.69) is 5.10 Å². The monoisotopic (exact) mass is 248 g/mol. The fourth-order valence-electron chi connectivity index (χ4n) is 1.57. The lowest BCUT2D eigenvalue weighted by atomic mass is 10.1. The van der Waals surface area contributed by atoms with Gasteiger partial charge >= 0.3 is 0 Å². The van der Waals surface area contributed by atoms with Crippen LogP contribution in [0.5, 0.6) is 0 Å². The molecule has 0 saturated heterocycles. The first kappa shape index (κ1) is 12.3. The lowest BCUT2D eigenvalue weighted by Crippen LogP contribution is -2.09. The lowest BCUT2D eigenvalue weighted by molar-refractivity contribution is 0.100. The molecule has 0 spiro atoms. The van der Waals surface area contributed by atoms with Gasteiger partial charge in [-0.15, -0.1) is 0 Å². The number of carbonyl (C=O) groups is 1. The summed E-state index contributed by atoms with van der Waals surface area (Å²) >= 11 is 0. The van der Waals surface area contributed by atoms with Gasteiger partial charge in [-0.3, -0.25) is 4.79 Å². The van der Waals surface area contributed by atoms with E-state index in [4.69, 9.17) is 11.5 Å². The number of hydrogen-bond donors (Lipinski definition) is 2. The molecule has 0 aliphatic rings. The van der Waals surface area contributed by atoms with Crippen LogP contribution in [0.2, 0.25) is 0 Å². The predicted molar refractivity (Wildman–Crippen MR) is 64.6 cm³/mol. The van der Waals surface area contributed by atoms with Gasteiger partial charge < -0.3 is 11.5 Å². The summed E-state index contributed by atoms with van der Waals surface area (Å²) in [6, 6.07) is 4.39. The van der Waals surface area contributed by atoms with Gasteiger partial charge in [0.15, 0.2) is 0 Å². The van der Waals surface area contributed by atoms with Gasteiger partial charge in [0.2, 0.25) is 0 Å². The van der Waals surface area contributed by atoms with E-state index in [0.29, 0.717) is 5.56 Å². The molecule has 4 N–H and O–H groups in total. The minimum Gasteiger partial charge on any atom is -0.366 e. The van der Waals surface area contributed by atoms with Crippen molar-refractivity contribution in [2.45, 2.75) is 13.0 Å². The van der Waals surface area contributed by atoms with Crippen molar-refractivity contribution >= 4 is 5.91 Å². The van der Waals surface area contributed by atoms with Gasteiger partial charge in [-0.1, -0.05) is 6.07 Å². The average molecular weight is 248 g/mol. The Bertz CT molecular complexity index is 592. The van der Waals surface area contributed by atoms with Crippen molar-refractivity contribution in [3.63, 3.8) is 0 Å². The molecular weight excluding hydrogens is 235 g/mol. The van der Waals surface area contributed by atoms with Crippen molar-refractivity contribution in [3.8, 4) is 5.69 Å². The Labute approximate surface area is 103 Å². The van der Waals surface area contributed by atoms with E-state index in [1.54, 1.807) is 19.1 Å². The van der Waals surface area contributed by atoms with Crippen molar-refractivity contribution in [1.82, 2.24) is 9.78 Å². The second-order valence-corrected chi connectivity index (χ2v) is 4.04. The summed E-state index contributed by atoms with van der Waals surface area (Å²) in [6.45, 7) is 1.77. The number of benzene rings is 1. The topological polar surface area (TPSA) is 86.9 Å². The Morgan fingerprint density at radius 1 is 1.50 bits per heavy atom.